The quantitative estimate of drug-likeness (QED) is 0.337. The van der Waals surface area contributed by atoms with Crippen LogP contribution < -0.4 is 11.5 Å². The molecule has 0 aliphatic heterocycles. The van der Waals surface area contributed by atoms with E-state index in [9.17, 15) is 13.2 Å². The first kappa shape index (κ1) is 22.7. The minimum atomic E-state index is -1.29. The highest BCUT2D eigenvalue weighted by molar-refractivity contribution is 6.31. The van der Waals surface area contributed by atoms with Gasteiger partial charge in [-0.15, -0.1) is 0 Å². The fourth-order valence-corrected chi connectivity index (χ4v) is 4.18. The third-order valence-electron chi connectivity index (χ3n) is 5.63. The SMILES string of the molecule is Cc1noc(C)c1-c1c(N)nc(-n2nc(Cc3c(F)ccc(F)c3F)c3cc(Cl)ccc32)nc1N. The van der Waals surface area contributed by atoms with E-state index in [1.807, 2.05) is 0 Å². The van der Waals surface area contributed by atoms with Crippen LogP contribution in [0.2, 0.25) is 5.02 Å². The molecular formula is C23H17ClF3N7O. The first-order chi connectivity index (χ1) is 16.7. The summed E-state index contributed by atoms with van der Waals surface area (Å²) >= 11 is 6.16. The molecule has 0 radical (unpaired) electrons. The maximum atomic E-state index is 14.4. The minimum absolute atomic E-state index is 0.0225. The van der Waals surface area contributed by atoms with Crippen LogP contribution in [-0.2, 0) is 6.42 Å². The van der Waals surface area contributed by atoms with E-state index < -0.39 is 23.0 Å². The predicted octanol–water partition coefficient (Wildman–Crippen LogP) is 4.91. The summed E-state index contributed by atoms with van der Waals surface area (Å²) in [6.45, 7) is 3.45. The Morgan fingerprint density at radius 3 is 2.31 bits per heavy atom. The summed E-state index contributed by atoms with van der Waals surface area (Å²) in [7, 11) is 0. The lowest BCUT2D eigenvalue weighted by atomic mass is 10.1. The zero-order valence-electron chi connectivity index (χ0n) is 18.4. The molecule has 5 aromatic rings. The average molecular weight is 500 g/mol. The van der Waals surface area contributed by atoms with Crippen LogP contribution in [0.15, 0.2) is 34.9 Å². The van der Waals surface area contributed by atoms with E-state index in [0.29, 0.717) is 38.5 Å². The molecule has 2 aromatic carbocycles. The van der Waals surface area contributed by atoms with Crippen LogP contribution in [0.4, 0.5) is 24.8 Å². The second-order valence-corrected chi connectivity index (χ2v) is 8.32. The number of nitrogen functional groups attached to an aromatic ring is 2. The highest BCUT2D eigenvalue weighted by atomic mass is 35.5. The van der Waals surface area contributed by atoms with E-state index in [0.717, 1.165) is 12.1 Å². The van der Waals surface area contributed by atoms with Gasteiger partial charge in [-0.3, -0.25) is 0 Å². The van der Waals surface area contributed by atoms with Gasteiger partial charge in [-0.1, -0.05) is 16.8 Å². The molecule has 0 unspecified atom stereocenters. The van der Waals surface area contributed by atoms with E-state index in [2.05, 4.69) is 20.2 Å². The van der Waals surface area contributed by atoms with Crippen LogP contribution in [0.5, 0.6) is 0 Å². The van der Waals surface area contributed by atoms with Crippen LogP contribution in [0, 0.1) is 31.3 Å². The third kappa shape index (κ3) is 3.73. The Kier molecular flexibility index (Phi) is 5.36. The van der Waals surface area contributed by atoms with E-state index >= 15 is 0 Å². The summed E-state index contributed by atoms with van der Waals surface area (Å²) in [5.74, 6) is -2.72. The number of rotatable bonds is 4. The van der Waals surface area contributed by atoms with Crippen molar-refractivity contribution in [1.29, 1.82) is 0 Å². The van der Waals surface area contributed by atoms with Crippen molar-refractivity contribution >= 4 is 34.1 Å². The fraction of sp³-hybridized carbons (Fsp3) is 0.130. The highest BCUT2D eigenvalue weighted by Crippen LogP contribution is 2.35. The summed E-state index contributed by atoms with van der Waals surface area (Å²) in [6, 6.07) is 6.42. The topological polar surface area (TPSA) is 122 Å². The molecule has 12 heteroatoms. The molecule has 3 heterocycles. The van der Waals surface area contributed by atoms with Gasteiger partial charge in [0, 0.05) is 22.4 Å². The number of aromatic nitrogens is 5. The monoisotopic (exact) mass is 499 g/mol. The van der Waals surface area contributed by atoms with E-state index in [4.69, 9.17) is 27.6 Å². The molecule has 0 aliphatic carbocycles. The maximum Gasteiger partial charge on any atom is 0.255 e. The molecule has 0 saturated heterocycles. The molecule has 0 aliphatic rings. The molecule has 0 saturated carbocycles. The molecule has 35 heavy (non-hydrogen) atoms. The van der Waals surface area contributed by atoms with E-state index in [-0.39, 0.29) is 29.7 Å². The van der Waals surface area contributed by atoms with Gasteiger partial charge >= 0.3 is 0 Å². The number of fused-ring (bicyclic) bond motifs is 1. The molecule has 178 valence electrons. The van der Waals surface area contributed by atoms with Crippen LogP contribution in [0.1, 0.15) is 22.7 Å². The van der Waals surface area contributed by atoms with Crippen LogP contribution in [0.25, 0.3) is 28.0 Å². The Morgan fingerprint density at radius 1 is 0.971 bits per heavy atom. The maximum absolute atomic E-state index is 14.4. The Hall–Kier alpha value is -4.12. The number of anilines is 2. The minimum Gasteiger partial charge on any atom is -0.383 e. The van der Waals surface area contributed by atoms with Crippen molar-refractivity contribution < 1.29 is 17.7 Å². The van der Waals surface area contributed by atoms with Gasteiger partial charge in [0.25, 0.3) is 5.95 Å². The standard InChI is InChI=1S/C23H17ClF3N7O/c1-9-18(10(2)35-33-9)19-21(28)30-23(31-22(19)29)34-17-6-3-11(24)7-13(17)16(32-34)8-12-14(25)4-5-15(26)20(12)27/h3-7H,8H2,1-2H3,(H4,28,29,30,31). The molecule has 0 bridgehead atoms. The third-order valence-corrected chi connectivity index (χ3v) is 5.86. The van der Waals surface area contributed by atoms with Gasteiger partial charge in [-0.05, 0) is 44.2 Å². The Balaban J connectivity index is 1.68. The van der Waals surface area contributed by atoms with Crippen molar-refractivity contribution in [2.45, 2.75) is 20.3 Å². The summed E-state index contributed by atoms with van der Waals surface area (Å²) in [4.78, 5) is 8.72. The molecule has 0 fully saturated rings. The normalized spacial score (nSPS) is 11.5. The van der Waals surface area contributed by atoms with Gasteiger partial charge in [0.2, 0.25) is 0 Å². The van der Waals surface area contributed by atoms with Crippen molar-refractivity contribution in [2.75, 3.05) is 11.5 Å². The van der Waals surface area contributed by atoms with Crippen LogP contribution in [0.3, 0.4) is 0 Å². The number of hydrogen-bond acceptors (Lipinski definition) is 7. The van der Waals surface area contributed by atoms with Crippen molar-refractivity contribution in [3.05, 3.63) is 75.5 Å². The van der Waals surface area contributed by atoms with E-state index in [1.165, 1.54) is 4.68 Å². The summed E-state index contributed by atoms with van der Waals surface area (Å²) < 4.78 is 49.0. The summed E-state index contributed by atoms with van der Waals surface area (Å²) in [5.41, 5.74) is 14.2. The van der Waals surface area contributed by atoms with Gasteiger partial charge in [0.1, 0.15) is 23.2 Å². The first-order valence-corrected chi connectivity index (χ1v) is 10.7. The van der Waals surface area contributed by atoms with Gasteiger partial charge in [-0.2, -0.15) is 19.7 Å². The van der Waals surface area contributed by atoms with Crippen LogP contribution >= 0.6 is 11.6 Å². The zero-order valence-corrected chi connectivity index (χ0v) is 19.2. The summed E-state index contributed by atoms with van der Waals surface area (Å²) in [6.07, 6.45) is -0.346. The fourth-order valence-electron chi connectivity index (χ4n) is 4.01. The van der Waals surface area contributed by atoms with Gasteiger partial charge in [-0.25, -0.2) is 13.2 Å². The second kappa shape index (κ2) is 8.27. The molecule has 0 amide bonds. The van der Waals surface area contributed by atoms with Gasteiger partial charge < -0.3 is 16.0 Å². The molecular weight excluding hydrogens is 483 g/mol. The van der Waals surface area contributed by atoms with Crippen molar-refractivity contribution in [3.63, 3.8) is 0 Å². The molecule has 4 N–H and O–H groups in total. The van der Waals surface area contributed by atoms with E-state index in [1.54, 1.807) is 32.0 Å². The highest BCUT2D eigenvalue weighted by Gasteiger charge is 2.23. The Labute approximate surface area is 201 Å². The number of benzene rings is 2. The molecule has 8 nitrogen and oxygen atoms in total. The molecule has 5 rings (SSSR count). The zero-order chi connectivity index (χ0) is 25.0. The lowest BCUT2D eigenvalue weighted by Crippen LogP contribution is -2.10. The Bertz CT molecular complexity index is 1590. The number of nitrogens with zero attached hydrogens (tertiary/aromatic N) is 5. The van der Waals surface area contributed by atoms with Crippen molar-refractivity contribution in [1.82, 2.24) is 24.9 Å². The van der Waals surface area contributed by atoms with Gasteiger partial charge in [0.15, 0.2) is 11.6 Å². The summed E-state index contributed by atoms with van der Waals surface area (Å²) in [5, 5.41) is 9.20. The van der Waals surface area contributed by atoms with Crippen LogP contribution in [-0.4, -0.2) is 24.9 Å². The van der Waals surface area contributed by atoms with Crippen molar-refractivity contribution in [2.24, 2.45) is 0 Å². The predicted molar refractivity (Wildman–Crippen MR) is 125 cm³/mol. The Morgan fingerprint density at radius 2 is 1.66 bits per heavy atom. The van der Waals surface area contributed by atoms with Gasteiger partial charge in [0.05, 0.1) is 28.0 Å². The molecule has 0 atom stereocenters. The smallest absolute Gasteiger partial charge is 0.255 e. The number of aryl methyl sites for hydroxylation is 2. The lowest BCUT2D eigenvalue weighted by molar-refractivity contribution is 0.393. The van der Waals surface area contributed by atoms with Crippen molar-refractivity contribution in [3.8, 4) is 17.1 Å². The number of halogens is 4. The lowest BCUT2D eigenvalue weighted by Gasteiger charge is -2.10. The molecule has 0 spiro atoms. The molecule has 3 aromatic heterocycles. The second-order valence-electron chi connectivity index (χ2n) is 7.89. The first-order valence-electron chi connectivity index (χ1n) is 10.3. The number of hydrogen-bond donors (Lipinski definition) is 2. The largest absolute Gasteiger partial charge is 0.383 e. The number of nitrogens with two attached hydrogens (primary N) is 2. The average Bonchev–Trinajstić information content (AvgIpc) is 3.33.